The minimum Gasteiger partial charge on any atom is -0.394 e. The quantitative estimate of drug-likeness (QED) is 0.771. The zero-order valence-electron chi connectivity index (χ0n) is 10.0. The van der Waals surface area contributed by atoms with Crippen molar-refractivity contribution in [1.82, 2.24) is 0 Å². The van der Waals surface area contributed by atoms with Crippen LogP contribution in [0.5, 0.6) is 0 Å². The number of ether oxygens (including phenoxy) is 1. The van der Waals surface area contributed by atoms with Crippen molar-refractivity contribution in [3.05, 3.63) is 35.4 Å². The van der Waals surface area contributed by atoms with Crippen molar-refractivity contribution in [1.29, 1.82) is 0 Å². The van der Waals surface area contributed by atoms with Gasteiger partial charge in [0.1, 0.15) is 0 Å². The highest BCUT2D eigenvalue weighted by Gasteiger charge is 2.04. The Bertz CT molecular complexity index is 297. The third-order valence-electron chi connectivity index (χ3n) is 2.85. The van der Waals surface area contributed by atoms with Gasteiger partial charge in [0.15, 0.2) is 0 Å². The van der Waals surface area contributed by atoms with Crippen molar-refractivity contribution in [2.75, 3.05) is 13.7 Å². The second-order valence-electron chi connectivity index (χ2n) is 4.12. The Morgan fingerprint density at radius 1 is 1.31 bits per heavy atom. The summed E-state index contributed by atoms with van der Waals surface area (Å²) in [5.41, 5.74) is 7.97. The molecule has 0 aromatic heterocycles. The number of aryl methyl sites for hydroxylation is 1. The first-order chi connectivity index (χ1) is 7.67. The molecule has 0 radical (unpaired) electrons. The lowest BCUT2D eigenvalue weighted by Gasteiger charge is -2.11. The number of rotatable bonds is 6. The van der Waals surface area contributed by atoms with Crippen LogP contribution >= 0.6 is 0 Å². The maximum Gasteiger partial charge on any atom is 0.0624 e. The number of methoxy groups -OCH3 is 1. The Hall–Kier alpha value is -0.900. The van der Waals surface area contributed by atoms with E-state index in [4.69, 9.17) is 15.6 Å². The monoisotopic (exact) mass is 223 g/mol. The Balaban J connectivity index is 2.51. The highest BCUT2D eigenvalue weighted by molar-refractivity contribution is 5.25. The van der Waals surface area contributed by atoms with Crippen molar-refractivity contribution in [3.63, 3.8) is 0 Å². The Kier molecular flexibility index (Phi) is 5.46. The third kappa shape index (κ3) is 3.93. The van der Waals surface area contributed by atoms with Crippen LogP contribution in [0, 0.1) is 0 Å². The van der Waals surface area contributed by atoms with E-state index in [2.05, 4.69) is 19.1 Å². The molecule has 0 saturated carbocycles. The van der Waals surface area contributed by atoms with Gasteiger partial charge < -0.3 is 15.6 Å². The van der Waals surface area contributed by atoms with Crippen LogP contribution in [0.4, 0.5) is 0 Å². The van der Waals surface area contributed by atoms with Crippen LogP contribution in [0.3, 0.4) is 0 Å². The summed E-state index contributed by atoms with van der Waals surface area (Å²) < 4.78 is 5.20. The first kappa shape index (κ1) is 13.2. The van der Waals surface area contributed by atoms with Crippen molar-refractivity contribution < 1.29 is 9.84 Å². The van der Waals surface area contributed by atoms with Gasteiger partial charge in [-0.2, -0.15) is 0 Å². The number of hydrogen-bond acceptors (Lipinski definition) is 3. The van der Waals surface area contributed by atoms with Crippen LogP contribution in [-0.4, -0.2) is 24.9 Å². The fraction of sp³-hybridized carbons (Fsp3) is 0.538. The largest absolute Gasteiger partial charge is 0.394 e. The molecule has 0 aliphatic carbocycles. The summed E-state index contributed by atoms with van der Waals surface area (Å²) in [5, 5.41) is 8.92. The molecule has 90 valence electrons. The number of benzene rings is 1. The minimum atomic E-state index is -0.271. The summed E-state index contributed by atoms with van der Waals surface area (Å²) in [6.07, 6.45) is 2.31. The third-order valence-corrected chi connectivity index (χ3v) is 2.85. The average Bonchev–Trinajstić information content (AvgIpc) is 2.35. The number of aliphatic hydroxyl groups is 1. The molecule has 3 heteroatoms. The zero-order chi connectivity index (χ0) is 12.0. The molecule has 1 aromatic rings. The van der Waals surface area contributed by atoms with Gasteiger partial charge in [0.25, 0.3) is 0 Å². The molecule has 3 N–H and O–H groups in total. The van der Waals surface area contributed by atoms with E-state index >= 15 is 0 Å². The van der Waals surface area contributed by atoms with E-state index in [1.54, 1.807) is 7.11 Å². The molecule has 3 nitrogen and oxygen atoms in total. The van der Waals surface area contributed by atoms with Gasteiger partial charge in [-0.3, -0.25) is 0 Å². The van der Waals surface area contributed by atoms with Crippen LogP contribution < -0.4 is 5.73 Å². The first-order valence-corrected chi connectivity index (χ1v) is 5.65. The molecule has 2 unspecified atom stereocenters. The predicted octanol–water partition coefficient (Wildman–Crippen LogP) is 1.65. The second-order valence-corrected chi connectivity index (χ2v) is 4.12. The molecule has 0 amide bonds. The van der Waals surface area contributed by atoms with Gasteiger partial charge in [-0.1, -0.05) is 24.3 Å². The van der Waals surface area contributed by atoms with Gasteiger partial charge in [0, 0.05) is 7.11 Å². The average molecular weight is 223 g/mol. The van der Waals surface area contributed by atoms with Crippen molar-refractivity contribution >= 4 is 0 Å². The summed E-state index contributed by atoms with van der Waals surface area (Å²) in [7, 11) is 1.73. The molecule has 0 spiro atoms. The highest BCUT2D eigenvalue weighted by atomic mass is 16.5. The predicted molar refractivity (Wildman–Crippen MR) is 65.2 cm³/mol. The van der Waals surface area contributed by atoms with Gasteiger partial charge in [0.05, 0.1) is 18.8 Å². The lowest BCUT2D eigenvalue weighted by Crippen LogP contribution is -2.14. The van der Waals surface area contributed by atoms with E-state index in [0.717, 1.165) is 18.4 Å². The second kappa shape index (κ2) is 6.63. The molecular formula is C13H21NO2. The number of hydrogen-bond donors (Lipinski definition) is 2. The molecule has 0 fully saturated rings. The van der Waals surface area contributed by atoms with E-state index in [1.165, 1.54) is 5.56 Å². The maximum atomic E-state index is 8.92. The van der Waals surface area contributed by atoms with Gasteiger partial charge in [-0.25, -0.2) is 0 Å². The molecule has 0 bridgehead atoms. The normalized spacial score (nSPS) is 14.8. The Morgan fingerprint density at radius 3 is 2.44 bits per heavy atom. The van der Waals surface area contributed by atoms with Gasteiger partial charge >= 0.3 is 0 Å². The summed E-state index contributed by atoms with van der Waals surface area (Å²) in [6.45, 7) is 2.05. The van der Waals surface area contributed by atoms with Crippen molar-refractivity contribution in [2.24, 2.45) is 5.73 Å². The molecule has 0 aliphatic heterocycles. The molecule has 0 saturated heterocycles. The van der Waals surface area contributed by atoms with E-state index < -0.39 is 0 Å². The lowest BCUT2D eigenvalue weighted by molar-refractivity contribution is 0.111. The molecule has 16 heavy (non-hydrogen) atoms. The number of nitrogens with two attached hydrogens (primary N) is 1. The highest BCUT2D eigenvalue weighted by Crippen LogP contribution is 2.13. The van der Waals surface area contributed by atoms with Crippen LogP contribution in [0.2, 0.25) is 0 Å². The summed E-state index contributed by atoms with van der Waals surface area (Å²) in [6, 6.07) is 7.81. The van der Waals surface area contributed by atoms with E-state index in [1.807, 2.05) is 12.1 Å². The smallest absolute Gasteiger partial charge is 0.0624 e. The fourth-order valence-electron chi connectivity index (χ4n) is 1.52. The zero-order valence-corrected chi connectivity index (χ0v) is 10.0. The SMILES string of the molecule is COC(C)CCc1ccc(C(N)CO)cc1. The van der Waals surface area contributed by atoms with E-state index in [-0.39, 0.29) is 12.6 Å². The topological polar surface area (TPSA) is 55.5 Å². The molecule has 0 heterocycles. The minimum absolute atomic E-state index is 0.0138. The first-order valence-electron chi connectivity index (χ1n) is 5.65. The van der Waals surface area contributed by atoms with Crippen LogP contribution in [0.1, 0.15) is 30.5 Å². The van der Waals surface area contributed by atoms with Crippen LogP contribution in [-0.2, 0) is 11.2 Å². The number of aliphatic hydroxyl groups excluding tert-OH is 1. The molecule has 0 aliphatic rings. The summed E-state index contributed by atoms with van der Waals surface area (Å²) >= 11 is 0. The molecule has 1 aromatic carbocycles. The summed E-state index contributed by atoms with van der Waals surface area (Å²) in [5.74, 6) is 0. The van der Waals surface area contributed by atoms with Gasteiger partial charge in [-0.05, 0) is 30.9 Å². The van der Waals surface area contributed by atoms with Crippen molar-refractivity contribution in [2.45, 2.75) is 31.9 Å². The van der Waals surface area contributed by atoms with Crippen molar-refractivity contribution in [3.8, 4) is 0 Å². The van der Waals surface area contributed by atoms with Gasteiger partial charge in [-0.15, -0.1) is 0 Å². The molecule has 1 rings (SSSR count). The fourth-order valence-corrected chi connectivity index (χ4v) is 1.52. The summed E-state index contributed by atoms with van der Waals surface area (Å²) in [4.78, 5) is 0. The Morgan fingerprint density at radius 2 is 1.94 bits per heavy atom. The molecular weight excluding hydrogens is 202 g/mol. The molecule has 2 atom stereocenters. The van der Waals surface area contributed by atoms with Crippen LogP contribution in [0.25, 0.3) is 0 Å². The van der Waals surface area contributed by atoms with E-state index in [9.17, 15) is 0 Å². The van der Waals surface area contributed by atoms with E-state index in [0.29, 0.717) is 6.10 Å². The van der Waals surface area contributed by atoms with Crippen LogP contribution in [0.15, 0.2) is 24.3 Å². The Labute approximate surface area is 97.2 Å². The maximum absolute atomic E-state index is 8.92. The standard InChI is InChI=1S/C13H21NO2/c1-10(16-2)3-4-11-5-7-12(8-6-11)13(14)9-15/h5-8,10,13,15H,3-4,9,14H2,1-2H3. The van der Waals surface area contributed by atoms with Gasteiger partial charge in [0.2, 0.25) is 0 Å². The lowest BCUT2D eigenvalue weighted by atomic mass is 10.0.